The molecule has 0 saturated carbocycles. The summed E-state index contributed by atoms with van der Waals surface area (Å²) in [4.78, 5) is 6.83. The summed E-state index contributed by atoms with van der Waals surface area (Å²) in [6, 6.07) is 8.16. The van der Waals surface area contributed by atoms with Crippen LogP contribution in [0.4, 0.5) is 0 Å². The number of hydrogen-bond acceptors (Lipinski definition) is 5. The van der Waals surface area contributed by atoms with Gasteiger partial charge in [-0.1, -0.05) is 35.0 Å². The molecule has 1 saturated heterocycles. The Morgan fingerprint density at radius 2 is 1.95 bits per heavy atom. The second kappa shape index (κ2) is 6.37. The van der Waals surface area contributed by atoms with Crippen molar-refractivity contribution >= 4 is 0 Å². The number of aryl methyl sites for hydroxylation is 1. The highest BCUT2D eigenvalue weighted by atomic mass is 16.5. The van der Waals surface area contributed by atoms with Gasteiger partial charge in [-0.05, 0) is 19.8 Å². The van der Waals surface area contributed by atoms with Crippen LogP contribution in [0.15, 0.2) is 28.8 Å². The lowest BCUT2D eigenvalue weighted by Gasteiger charge is -2.29. The van der Waals surface area contributed by atoms with Gasteiger partial charge in [0.1, 0.15) is 0 Å². The smallest absolute Gasteiger partial charge is 0.241 e. The minimum Gasteiger partial charge on any atom is -0.381 e. The zero-order chi connectivity index (χ0) is 14.7. The lowest BCUT2D eigenvalue weighted by molar-refractivity contribution is 0.0359. The Morgan fingerprint density at radius 3 is 2.62 bits per heavy atom. The van der Waals surface area contributed by atoms with E-state index in [0.29, 0.717) is 17.8 Å². The molecule has 1 aromatic heterocycles. The van der Waals surface area contributed by atoms with E-state index in [0.717, 1.165) is 38.0 Å². The fraction of sp³-hybridized carbons (Fsp3) is 0.500. The first-order chi connectivity index (χ1) is 10.2. The highest BCUT2D eigenvalue weighted by Gasteiger charge is 2.20. The van der Waals surface area contributed by atoms with Crippen molar-refractivity contribution in [1.82, 2.24) is 15.0 Å². The van der Waals surface area contributed by atoms with Gasteiger partial charge in [-0.3, -0.25) is 4.90 Å². The van der Waals surface area contributed by atoms with E-state index in [4.69, 9.17) is 9.26 Å². The molecule has 0 aliphatic carbocycles. The van der Waals surface area contributed by atoms with Crippen LogP contribution < -0.4 is 0 Å². The summed E-state index contributed by atoms with van der Waals surface area (Å²) in [5.74, 6) is 1.35. The number of ether oxygens (including phenoxy) is 1. The molecule has 1 aromatic carbocycles. The highest BCUT2D eigenvalue weighted by Crippen LogP contribution is 2.19. The molecule has 5 nitrogen and oxygen atoms in total. The van der Waals surface area contributed by atoms with E-state index in [-0.39, 0.29) is 0 Å². The van der Waals surface area contributed by atoms with Gasteiger partial charge in [0.05, 0.1) is 12.6 Å². The van der Waals surface area contributed by atoms with Crippen LogP contribution in [0.25, 0.3) is 11.4 Å². The van der Waals surface area contributed by atoms with Crippen LogP contribution in [-0.2, 0) is 11.3 Å². The number of rotatable bonds is 4. The van der Waals surface area contributed by atoms with E-state index in [9.17, 15) is 0 Å². The number of methoxy groups -OCH3 is 1. The van der Waals surface area contributed by atoms with Crippen LogP contribution in [0.3, 0.4) is 0 Å². The summed E-state index contributed by atoms with van der Waals surface area (Å²) in [6.07, 6.45) is 2.53. The molecule has 1 aliphatic rings. The fourth-order valence-corrected chi connectivity index (χ4v) is 2.63. The van der Waals surface area contributed by atoms with Crippen LogP contribution in [-0.4, -0.2) is 41.3 Å². The van der Waals surface area contributed by atoms with E-state index in [1.807, 2.05) is 12.1 Å². The first kappa shape index (κ1) is 14.2. The third kappa shape index (κ3) is 3.49. The maximum absolute atomic E-state index is 5.38. The normalized spacial score (nSPS) is 17.2. The quantitative estimate of drug-likeness (QED) is 0.865. The number of likely N-dealkylation sites (tertiary alicyclic amines) is 1. The van der Waals surface area contributed by atoms with Gasteiger partial charge in [-0.2, -0.15) is 4.98 Å². The minimum atomic E-state index is 0.395. The van der Waals surface area contributed by atoms with Gasteiger partial charge in [0.15, 0.2) is 0 Å². The lowest BCUT2D eigenvalue weighted by Crippen LogP contribution is -2.36. The highest BCUT2D eigenvalue weighted by molar-refractivity contribution is 5.54. The van der Waals surface area contributed by atoms with Crippen molar-refractivity contribution in [3.05, 3.63) is 35.7 Å². The summed E-state index contributed by atoms with van der Waals surface area (Å²) in [6.45, 7) is 4.81. The number of benzene rings is 1. The largest absolute Gasteiger partial charge is 0.381 e. The number of hydrogen-bond donors (Lipinski definition) is 0. The zero-order valence-electron chi connectivity index (χ0n) is 12.6. The first-order valence-electron chi connectivity index (χ1n) is 7.39. The Hall–Kier alpha value is -1.72. The Balaban J connectivity index is 1.62. The third-order valence-electron chi connectivity index (χ3n) is 4.00. The molecule has 0 bridgehead atoms. The van der Waals surface area contributed by atoms with Crippen LogP contribution >= 0.6 is 0 Å². The Morgan fingerprint density at radius 1 is 1.24 bits per heavy atom. The predicted molar refractivity (Wildman–Crippen MR) is 79.8 cm³/mol. The molecule has 0 N–H and O–H groups in total. The summed E-state index contributed by atoms with van der Waals surface area (Å²) < 4.78 is 10.8. The van der Waals surface area contributed by atoms with Crippen molar-refractivity contribution in [2.75, 3.05) is 20.2 Å². The van der Waals surface area contributed by atoms with E-state index in [1.165, 1.54) is 5.56 Å². The van der Waals surface area contributed by atoms with Gasteiger partial charge < -0.3 is 9.26 Å². The van der Waals surface area contributed by atoms with Crippen molar-refractivity contribution in [2.24, 2.45) is 0 Å². The van der Waals surface area contributed by atoms with Crippen molar-refractivity contribution in [3.63, 3.8) is 0 Å². The summed E-state index contributed by atoms with van der Waals surface area (Å²) in [7, 11) is 1.78. The number of nitrogens with zero attached hydrogens (tertiary/aromatic N) is 3. The van der Waals surface area contributed by atoms with Gasteiger partial charge >= 0.3 is 0 Å². The topological polar surface area (TPSA) is 51.4 Å². The second-order valence-electron chi connectivity index (χ2n) is 5.59. The molecule has 3 rings (SSSR count). The maximum atomic E-state index is 5.38. The van der Waals surface area contributed by atoms with E-state index >= 15 is 0 Å². The van der Waals surface area contributed by atoms with Crippen molar-refractivity contribution in [2.45, 2.75) is 32.4 Å². The fourth-order valence-electron chi connectivity index (χ4n) is 2.63. The van der Waals surface area contributed by atoms with E-state index in [2.05, 4.69) is 34.1 Å². The monoisotopic (exact) mass is 287 g/mol. The number of aromatic nitrogens is 2. The van der Waals surface area contributed by atoms with Gasteiger partial charge in [-0.15, -0.1) is 0 Å². The molecule has 21 heavy (non-hydrogen) atoms. The molecule has 0 spiro atoms. The minimum absolute atomic E-state index is 0.395. The zero-order valence-corrected chi connectivity index (χ0v) is 12.6. The van der Waals surface area contributed by atoms with E-state index in [1.54, 1.807) is 7.11 Å². The van der Waals surface area contributed by atoms with Gasteiger partial charge in [0, 0.05) is 25.8 Å². The molecular weight excluding hydrogens is 266 g/mol. The molecule has 1 fully saturated rings. The van der Waals surface area contributed by atoms with Crippen molar-refractivity contribution < 1.29 is 9.26 Å². The van der Waals surface area contributed by atoms with Crippen molar-refractivity contribution in [3.8, 4) is 11.4 Å². The van der Waals surface area contributed by atoms with Crippen molar-refractivity contribution in [1.29, 1.82) is 0 Å². The average Bonchev–Trinajstić information content (AvgIpc) is 2.97. The van der Waals surface area contributed by atoms with Gasteiger partial charge in [0.2, 0.25) is 11.7 Å². The standard InChI is InChI=1S/C16H21N3O2/c1-12-3-5-13(6-4-12)16-17-15(21-18-16)11-19-9-7-14(20-2)8-10-19/h3-6,14H,7-11H2,1-2H3. The van der Waals surface area contributed by atoms with Crippen LogP contribution in [0.2, 0.25) is 0 Å². The molecule has 0 unspecified atom stereocenters. The van der Waals surface area contributed by atoms with Crippen LogP contribution in [0, 0.1) is 6.92 Å². The Kier molecular flexibility index (Phi) is 4.31. The summed E-state index contributed by atoms with van der Waals surface area (Å²) in [5.41, 5.74) is 2.22. The van der Waals surface area contributed by atoms with Crippen LogP contribution in [0.1, 0.15) is 24.3 Å². The molecule has 1 aliphatic heterocycles. The van der Waals surface area contributed by atoms with Gasteiger partial charge in [0.25, 0.3) is 0 Å². The number of piperidine rings is 1. The summed E-state index contributed by atoms with van der Waals surface area (Å²) >= 11 is 0. The molecular formula is C16H21N3O2. The lowest BCUT2D eigenvalue weighted by atomic mass is 10.1. The van der Waals surface area contributed by atoms with Crippen LogP contribution in [0.5, 0.6) is 0 Å². The molecule has 0 atom stereocenters. The molecule has 2 aromatic rings. The molecule has 2 heterocycles. The van der Waals surface area contributed by atoms with E-state index < -0.39 is 0 Å². The second-order valence-corrected chi connectivity index (χ2v) is 5.59. The predicted octanol–water partition coefficient (Wildman–Crippen LogP) is 2.66. The molecule has 112 valence electrons. The Labute approximate surface area is 124 Å². The van der Waals surface area contributed by atoms with Gasteiger partial charge in [-0.25, -0.2) is 0 Å². The average molecular weight is 287 g/mol. The molecule has 5 heteroatoms. The Bertz CT molecular complexity index is 571. The maximum Gasteiger partial charge on any atom is 0.241 e. The summed E-state index contributed by atoms with van der Waals surface area (Å²) in [5, 5.41) is 4.08. The molecule has 0 radical (unpaired) electrons. The SMILES string of the molecule is COC1CCN(Cc2nc(-c3ccc(C)cc3)no2)CC1. The molecule has 0 amide bonds. The first-order valence-corrected chi connectivity index (χ1v) is 7.39. The third-order valence-corrected chi connectivity index (χ3v) is 4.00.